The van der Waals surface area contributed by atoms with Crippen LogP contribution >= 0.6 is 0 Å². The smallest absolute Gasteiger partial charge is 0.404 e. The van der Waals surface area contributed by atoms with E-state index in [-0.39, 0.29) is 6.10 Å². The quantitative estimate of drug-likeness (QED) is 0.717. The van der Waals surface area contributed by atoms with Gasteiger partial charge in [-0.05, 0) is 31.1 Å². The van der Waals surface area contributed by atoms with Crippen LogP contribution in [0.3, 0.4) is 0 Å². The molecule has 0 saturated heterocycles. The number of carbonyl (C=O) groups is 1. The van der Waals surface area contributed by atoms with Gasteiger partial charge in [0.1, 0.15) is 6.10 Å². The Hall–Kier alpha value is -0.730. The van der Waals surface area contributed by atoms with Crippen LogP contribution in [-0.2, 0) is 4.74 Å². The van der Waals surface area contributed by atoms with Crippen LogP contribution in [0.4, 0.5) is 4.79 Å². The Morgan fingerprint density at radius 2 is 2.23 bits per heavy atom. The SMILES string of the molecule is CCC1CCCC(C)C1OC(N)=O. The highest BCUT2D eigenvalue weighted by Crippen LogP contribution is 2.33. The molecule has 0 bridgehead atoms. The zero-order chi connectivity index (χ0) is 9.84. The van der Waals surface area contributed by atoms with Crippen LogP contribution in [0.2, 0.25) is 0 Å². The Labute approximate surface area is 79.6 Å². The molecule has 0 spiro atoms. The van der Waals surface area contributed by atoms with Crippen LogP contribution in [0.1, 0.15) is 39.5 Å². The van der Waals surface area contributed by atoms with Crippen molar-refractivity contribution < 1.29 is 9.53 Å². The van der Waals surface area contributed by atoms with Crippen molar-refractivity contribution in [3.8, 4) is 0 Å². The van der Waals surface area contributed by atoms with Gasteiger partial charge in [-0.1, -0.05) is 20.3 Å². The second kappa shape index (κ2) is 4.49. The van der Waals surface area contributed by atoms with Crippen molar-refractivity contribution in [3.05, 3.63) is 0 Å². The van der Waals surface area contributed by atoms with E-state index in [1.54, 1.807) is 0 Å². The first-order valence-electron chi connectivity index (χ1n) is 5.11. The molecule has 1 rings (SSSR count). The standard InChI is InChI=1S/C10H19NO2/c1-3-8-6-4-5-7(2)9(8)13-10(11)12/h7-9H,3-6H2,1-2H3,(H2,11,12). The Balaban J connectivity index is 2.56. The summed E-state index contributed by atoms with van der Waals surface area (Å²) in [5, 5.41) is 0. The molecule has 1 aliphatic rings. The van der Waals surface area contributed by atoms with Gasteiger partial charge in [-0.25, -0.2) is 4.79 Å². The maximum atomic E-state index is 10.7. The minimum Gasteiger partial charge on any atom is -0.446 e. The van der Waals surface area contributed by atoms with E-state index in [9.17, 15) is 4.79 Å². The van der Waals surface area contributed by atoms with E-state index in [1.165, 1.54) is 12.8 Å². The van der Waals surface area contributed by atoms with Crippen LogP contribution < -0.4 is 5.73 Å². The molecule has 0 aromatic rings. The van der Waals surface area contributed by atoms with Crippen molar-refractivity contribution in [2.24, 2.45) is 17.6 Å². The summed E-state index contributed by atoms with van der Waals surface area (Å²) in [7, 11) is 0. The van der Waals surface area contributed by atoms with Crippen LogP contribution in [0.5, 0.6) is 0 Å². The van der Waals surface area contributed by atoms with Crippen molar-refractivity contribution in [1.82, 2.24) is 0 Å². The van der Waals surface area contributed by atoms with Gasteiger partial charge in [0.15, 0.2) is 0 Å². The molecular weight excluding hydrogens is 166 g/mol. The number of primary amides is 1. The number of carbonyl (C=O) groups excluding carboxylic acids is 1. The number of nitrogens with two attached hydrogens (primary N) is 1. The number of amides is 1. The van der Waals surface area contributed by atoms with Gasteiger partial charge in [-0.15, -0.1) is 0 Å². The molecule has 3 unspecified atom stereocenters. The van der Waals surface area contributed by atoms with Crippen LogP contribution in [0.15, 0.2) is 0 Å². The van der Waals surface area contributed by atoms with E-state index in [1.807, 2.05) is 0 Å². The van der Waals surface area contributed by atoms with Crippen LogP contribution in [0, 0.1) is 11.8 Å². The Morgan fingerprint density at radius 1 is 1.54 bits per heavy atom. The average Bonchev–Trinajstić information content (AvgIpc) is 2.08. The summed E-state index contributed by atoms with van der Waals surface area (Å²) in [5.74, 6) is 0.974. The van der Waals surface area contributed by atoms with Gasteiger partial charge in [0.05, 0.1) is 0 Å². The van der Waals surface area contributed by atoms with Crippen molar-refractivity contribution in [3.63, 3.8) is 0 Å². The number of hydrogen-bond acceptors (Lipinski definition) is 2. The molecule has 3 atom stereocenters. The fourth-order valence-corrected chi connectivity index (χ4v) is 2.28. The van der Waals surface area contributed by atoms with Crippen molar-refractivity contribution >= 4 is 6.09 Å². The van der Waals surface area contributed by atoms with Gasteiger partial charge in [0.2, 0.25) is 0 Å². The van der Waals surface area contributed by atoms with Gasteiger partial charge < -0.3 is 10.5 Å². The monoisotopic (exact) mass is 185 g/mol. The molecule has 0 radical (unpaired) electrons. The van der Waals surface area contributed by atoms with E-state index in [0.717, 1.165) is 12.8 Å². The van der Waals surface area contributed by atoms with Gasteiger partial charge >= 0.3 is 6.09 Å². The highest BCUT2D eigenvalue weighted by molar-refractivity contribution is 5.64. The fraction of sp³-hybridized carbons (Fsp3) is 0.900. The van der Waals surface area contributed by atoms with Gasteiger partial charge in [-0.2, -0.15) is 0 Å². The second-order valence-corrected chi connectivity index (χ2v) is 3.98. The molecule has 1 amide bonds. The lowest BCUT2D eigenvalue weighted by molar-refractivity contribution is 0.00686. The minimum absolute atomic E-state index is 0.0521. The molecule has 3 heteroatoms. The molecule has 13 heavy (non-hydrogen) atoms. The highest BCUT2D eigenvalue weighted by Gasteiger charge is 2.31. The lowest BCUT2D eigenvalue weighted by atomic mass is 9.78. The fourth-order valence-electron chi connectivity index (χ4n) is 2.28. The predicted molar refractivity (Wildman–Crippen MR) is 51.3 cm³/mol. The first-order chi connectivity index (χ1) is 6.15. The third-order valence-electron chi connectivity index (χ3n) is 3.04. The third kappa shape index (κ3) is 2.61. The molecule has 0 aliphatic heterocycles. The van der Waals surface area contributed by atoms with Crippen molar-refractivity contribution in [2.45, 2.75) is 45.6 Å². The third-order valence-corrected chi connectivity index (χ3v) is 3.04. The van der Waals surface area contributed by atoms with Crippen LogP contribution in [-0.4, -0.2) is 12.2 Å². The van der Waals surface area contributed by atoms with Gasteiger partial charge in [-0.3, -0.25) is 0 Å². The number of rotatable bonds is 2. The second-order valence-electron chi connectivity index (χ2n) is 3.98. The summed E-state index contributed by atoms with van der Waals surface area (Å²) in [6, 6.07) is 0. The lowest BCUT2D eigenvalue weighted by Gasteiger charge is -2.34. The van der Waals surface area contributed by atoms with Crippen LogP contribution in [0.25, 0.3) is 0 Å². The topological polar surface area (TPSA) is 52.3 Å². The maximum absolute atomic E-state index is 10.7. The zero-order valence-corrected chi connectivity index (χ0v) is 8.45. The largest absolute Gasteiger partial charge is 0.446 e. The van der Waals surface area contributed by atoms with E-state index >= 15 is 0 Å². The summed E-state index contributed by atoms with van der Waals surface area (Å²) in [6.45, 7) is 4.27. The zero-order valence-electron chi connectivity index (χ0n) is 8.45. The lowest BCUT2D eigenvalue weighted by Crippen LogP contribution is -2.37. The molecule has 1 fully saturated rings. The number of ether oxygens (including phenoxy) is 1. The van der Waals surface area contributed by atoms with Gasteiger partial charge in [0, 0.05) is 0 Å². The van der Waals surface area contributed by atoms with Crippen molar-refractivity contribution in [2.75, 3.05) is 0 Å². The molecule has 0 aromatic heterocycles. The molecule has 0 aromatic carbocycles. The molecule has 2 N–H and O–H groups in total. The summed E-state index contributed by atoms with van der Waals surface area (Å²) in [6.07, 6.45) is 4.06. The predicted octanol–water partition coefficient (Wildman–Crippen LogP) is 2.30. The Morgan fingerprint density at radius 3 is 2.77 bits per heavy atom. The van der Waals surface area contributed by atoms with E-state index in [4.69, 9.17) is 10.5 Å². The van der Waals surface area contributed by atoms with E-state index in [2.05, 4.69) is 13.8 Å². The average molecular weight is 185 g/mol. The van der Waals surface area contributed by atoms with E-state index < -0.39 is 6.09 Å². The Kier molecular flexibility index (Phi) is 3.58. The summed E-state index contributed by atoms with van der Waals surface area (Å²) in [4.78, 5) is 10.7. The molecular formula is C10H19NO2. The van der Waals surface area contributed by atoms with E-state index in [0.29, 0.717) is 11.8 Å². The maximum Gasteiger partial charge on any atom is 0.404 e. The summed E-state index contributed by atoms with van der Waals surface area (Å²) < 4.78 is 5.15. The molecule has 1 aliphatic carbocycles. The highest BCUT2D eigenvalue weighted by atomic mass is 16.6. The van der Waals surface area contributed by atoms with Gasteiger partial charge in [0.25, 0.3) is 0 Å². The molecule has 0 heterocycles. The normalized spacial score (nSPS) is 34.2. The Bertz CT molecular complexity index is 182. The number of hydrogen-bond donors (Lipinski definition) is 1. The summed E-state index contributed by atoms with van der Waals surface area (Å²) in [5.41, 5.74) is 5.04. The summed E-state index contributed by atoms with van der Waals surface area (Å²) >= 11 is 0. The molecule has 76 valence electrons. The first-order valence-corrected chi connectivity index (χ1v) is 5.11. The minimum atomic E-state index is -0.628. The molecule has 3 nitrogen and oxygen atoms in total. The van der Waals surface area contributed by atoms with Crippen molar-refractivity contribution in [1.29, 1.82) is 0 Å². The first kappa shape index (κ1) is 10.4. The molecule has 1 saturated carbocycles.